The molecular weight excluding hydrogens is 332 g/mol. The third-order valence-electron chi connectivity index (χ3n) is 6.11. The number of rotatable bonds is 3. The highest BCUT2D eigenvalue weighted by Gasteiger charge is 2.35. The molecule has 2 bridgehead atoms. The van der Waals surface area contributed by atoms with E-state index < -0.39 is 0 Å². The lowest BCUT2D eigenvalue weighted by molar-refractivity contribution is 0.0619. The molecule has 25 heavy (non-hydrogen) atoms. The molecule has 4 aliphatic rings. The van der Waals surface area contributed by atoms with Gasteiger partial charge in [0.05, 0.1) is 4.70 Å². The van der Waals surface area contributed by atoms with E-state index >= 15 is 0 Å². The van der Waals surface area contributed by atoms with Crippen LogP contribution >= 0.6 is 11.5 Å². The fourth-order valence-corrected chi connectivity index (χ4v) is 5.43. The number of piperidine rings is 3. The first kappa shape index (κ1) is 15.6. The number of hydrogen-bond donors (Lipinski definition) is 1. The first-order valence-electron chi connectivity index (χ1n) is 9.45. The Morgan fingerprint density at radius 2 is 1.96 bits per heavy atom. The number of anilines is 1. The quantitative estimate of drug-likeness (QED) is 0.919. The van der Waals surface area contributed by atoms with E-state index in [4.69, 9.17) is 0 Å². The van der Waals surface area contributed by atoms with Crippen LogP contribution in [0, 0.1) is 5.92 Å². The van der Waals surface area contributed by atoms with Crippen LogP contribution in [-0.4, -0.2) is 53.9 Å². The summed E-state index contributed by atoms with van der Waals surface area (Å²) in [4.78, 5) is 17.7. The van der Waals surface area contributed by atoms with Crippen molar-refractivity contribution in [2.45, 2.75) is 31.7 Å². The van der Waals surface area contributed by atoms with Crippen molar-refractivity contribution in [2.75, 3.05) is 37.6 Å². The van der Waals surface area contributed by atoms with Crippen LogP contribution in [0.5, 0.6) is 0 Å². The van der Waals surface area contributed by atoms with Gasteiger partial charge in [0.15, 0.2) is 0 Å². The molecule has 0 spiro atoms. The van der Waals surface area contributed by atoms with E-state index in [2.05, 4.69) is 37.7 Å². The molecule has 6 rings (SSSR count). The fourth-order valence-electron chi connectivity index (χ4n) is 4.63. The van der Waals surface area contributed by atoms with E-state index in [0.29, 0.717) is 11.6 Å². The molecule has 0 radical (unpaired) electrons. The van der Waals surface area contributed by atoms with E-state index in [1.165, 1.54) is 56.0 Å². The Hall–Kier alpha value is -1.66. The van der Waals surface area contributed by atoms with Gasteiger partial charge in [0.1, 0.15) is 5.69 Å². The van der Waals surface area contributed by atoms with Gasteiger partial charge in [-0.05, 0) is 74.4 Å². The van der Waals surface area contributed by atoms with Gasteiger partial charge >= 0.3 is 0 Å². The van der Waals surface area contributed by atoms with Gasteiger partial charge in [-0.25, -0.2) is 0 Å². The first-order valence-corrected chi connectivity index (χ1v) is 10.2. The van der Waals surface area contributed by atoms with Gasteiger partial charge in [0, 0.05) is 36.7 Å². The first-order chi connectivity index (χ1) is 12.3. The summed E-state index contributed by atoms with van der Waals surface area (Å²) < 4.78 is 5.60. The van der Waals surface area contributed by atoms with Crippen LogP contribution in [0.4, 0.5) is 5.69 Å². The lowest BCUT2D eigenvalue weighted by Crippen LogP contribution is -2.57. The third kappa shape index (κ3) is 2.81. The van der Waals surface area contributed by atoms with E-state index in [0.717, 1.165) is 29.7 Å². The molecule has 5 nitrogen and oxygen atoms in total. The molecule has 4 aliphatic heterocycles. The highest BCUT2D eigenvalue weighted by molar-refractivity contribution is 7.13. The molecular formula is C19H24N4OS. The maximum atomic E-state index is 12.8. The van der Waals surface area contributed by atoms with Crippen LogP contribution in [0.3, 0.4) is 0 Å². The van der Waals surface area contributed by atoms with Crippen molar-refractivity contribution in [3.05, 3.63) is 23.9 Å². The maximum Gasteiger partial charge on any atom is 0.271 e. The average Bonchev–Trinajstić information content (AvgIpc) is 3.32. The van der Waals surface area contributed by atoms with Gasteiger partial charge in [-0.15, -0.1) is 0 Å². The molecule has 1 amide bonds. The van der Waals surface area contributed by atoms with Gasteiger partial charge in [-0.3, -0.25) is 4.79 Å². The summed E-state index contributed by atoms with van der Waals surface area (Å²) in [5.74, 6) is 0.638. The van der Waals surface area contributed by atoms with Crippen molar-refractivity contribution in [3.8, 4) is 0 Å². The van der Waals surface area contributed by atoms with Crippen molar-refractivity contribution in [3.63, 3.8) is 0 Å². The standard InChI is InChI=1S/C19H24N4OS/c24-19(20-16-12-22-9-5-13(16)6-10-22)18-15-4-3-14(11-17(15)25-21-18)23-7-1-2-8-23/h3-4,11,13,16H,1-2,5-10,12H2,(H,20,24)/t16-/m0/s1. The van der Waals surface area contributed by atoms with Crippen molar-refractivity contribution < 1.29 is 4.79 Å². The lowest BCUT2D eigenvalue weighted by Gasteiger charge is -2.44. The van der Waals surface area contributed by atoms with Crippen molar-refractivity contribution in [2.24, 2.45) is 5.92 Å². The molecule has 6 heteroatoms. The minimum absolute atomic E-state index is 0.000998. The predicted octanol–water partition coefficient (Wildman–Crippen LogP) is 2.72. The summed E-state index contributed by atoms with van der Waals surface area (Å²) >= 11 is 1.44. The zero-order chi connectivity index (χ0) is 16.8. The Kier molecular flexibility index (Phi) is 3.90. The molecule has 132 valence electrons. The van der Waals surface area contributed by atoms with E-state index in [1.54, 1.807) is 0 Å². The molecule has 2 aromatic rings. The van der Waals surface area contributed by atoms with Gasteiger partial charge in [-0.2, -0.15) is 4.37 Å². The summed E-state index contributed by atoms with van der Waals surface area (Å²) in [6.07, 6.45) is 4.96. The minimum atomic E-state index is -0.000998. The van der Waals surface area contributed by atoms with E-state index in [9.17, 15) is 4.79 Å². The molecule has 1 aromatic carbocycles. The summed E-state index contributed by atoms with van der Waals surface area (Å²) in [6.45, 7) is 5.65. The largest absolute Gasteiger partial charge is 0.371 e. The highest BCUT2D eigenvalue weighted by Crippen LogP contribution is 2.31. The Bertz CT molecular complexity index is 790. The number of amides is 1. The summed E-state index contributed by atoms with van der Waals surface area (Å²) in [7, 11) is 0. The number of nitrogens with zero attached hydrogens (tertiary/aromatic N) is 3. The van der Waals surface area contributed by atoms with Crippen LogP contribution in [0.2, 0.25) is 0 Å². The Balaban J connectivity index is 1.36. The second kappa shape index (κ2) is 6.25. The van der Waals surface area contributed by atoms with Crippen LogP contribution < -0.4 is 10.2 Å². The Labute approximate surface area is 152 Å². The SMILES string of the molecule is O=C(N[C@H]1CN2CCC1CC2)c1nsc2cc(N3CCCC3)ccc12. The molecule has 1 N–H and O–H groups in total. The van der Waals surface area contributed by atoms with Gasteiger partial charge in [0.25, 0.3) is 5.91 Å². The molecule has 0 saturated carbocycles. The third-order valence-corrected chi connectivity index (χ3v) is 6.92. The monoisotopic (exact) mass is 356 g/mol. The molecule has 4 saturated heterocycles. The second-order valence-corrected chi connectivity index (χ2v) is 8.43. The average molecular weight is 356 g/mol. The summed E-state index contributed by atoms with van der Waals surface area (Å²) in [5.41, 5.74) is 1.86. The number of nitrogens with one attached hydrogen (secondary N) is 1. The van der Waals surface area contributed by atoms with Crippen LogP contribution in [0.15, 0.2) is 18.2 Å². The second-order valence-electron chi connectivity index (χ2n) is 7.62. The number of hydrogen-bond acceptors (Lipinski definition) is 5. The van der Waals surface area contributed by atoms with Gasteiger partial charge in [0.2, 0.25) is 0 Å². The Morgan fingerprint density at radius 3 is 2.68 bits per heavy atom. The number of carbonyl (C=O) groups is 1. The van der Waals surface area contributed by atoms with Crippen LogP contribution in [0.1, 0.15) is 36.2 Å². The van der Waals surface area contributed by atoms with Crippen molar-refractivity contribution in [1.29, 1.82) is 0 Å². The zero-order valence-corrected chi connectivity index (χ0v) is 15.2. The van der Waals surface area contributed by atoms with Gasteiger partial charge in [-0.1, -0.05) is 0 Å². The summed E-state index contributed by atoms with van der Waals surface area (Å²) in [5, 5.41) is 4.26. The molecule has 5 heterocycles. The number of carbonyl (C=O) groups excluding carboxylic acids is 1. The van der Waals surface area contributed by atoms with E-state index in [-0.39, 0.29) is 11.9 Å². The molecule has 0 aliphatic carbocycles. The highest BCUT2D eigenvalue weighted by atomic mass is 32.1. The van der Waals surface area contributed by atoms with E-state index in [1.807, 2.05) is 0 Å². The fraction of sp³-hybridized carbons (Fsp3) is 0.579. The van der Waals surface area contributed by atoms with Crippen LogP contribution in [-0.2, 0) is 0 Å². The Morgan fingerprint density at radius 1 is 1.16 bits per heavy atom. The van der Waals surface area contributed by atoms with Crippen molar-refractivity contribution >= 4 is 33.2 Å². The zero-order valence-electron chi connectivity index (χ0n) is 14.4. The van der Waals surface area contributed by atoms with Crippen LogP contribution in [0.25, 0.3) is 10.1 Å². The summed E-state index contributed by atoms with van der Waals surface area (Å²) in [6, 6.07) is 6.71. The normalized spacial score (nSPS) is 28.6. The number of aromatic nitrogens is 1. The topological polar surface area (TPSA) is 48.5 Å². The molecule has 0 unspecified atom stereocenters. The lowest BCUT2D eigenvalue weighted by atomic mass is 9.84. The number of fused-ring (bicyclic) bond motifs is 4. The van der Waals surface area contributed by atoms with Crippen molar-refractivity contribution in [1.82, 2.24) is 14.6 Å². The molecule has 1 atom stereocenters. The smallest absolute Gasteiger partial charge is 0.271 e. The predicted molar refractivity (Wildman–Crippen MR) is 101 cm³/mol. The number of benzene rings is 1. The maximum absolute atomic E-state index is 12.8. The molecule has 4 fully saturated rings. The minimum Gasteiger partial charge on any atom is -0.371 e. The molecule has 1 aromatic heterocycles. The van der Waals surface area contributed by atoms with Gasteiger partial charge < -0.3 is 15.1 Å².